The van der Waals surface area contributed by atoms with Crippen molar-refractivity contribution >= 4 is 23.2 Å². The lowest BCUT2D eigenvalue weighted by Crippen LogP contribution is -2.18. The van der Waals surface area contributed by atoms with E-state index in [1.807, 2.05) is 30.4 Å². The minimum Gasteiger partial charge on any atom is -0.307 e. The van der Waals surface area contributed by atoms with Gasteiger partial charge < -0.3 is 5.32 Å². The summed E-state index contributed by atoms with van der Waals surface area (Å²) in [5, 5.41) is 4.13. The maximum absolute atomic E-state index is 5.91. The predicted octanol–water partition coefficient (Wildman–Crippen LogP) is 3.79. The fraction of sp³-hybridized carbons (Fsp3) is 0.333. The number of halogens is 2. The van der Waals surface area contributed by atoms with Gasteiger partial charge in [0.1, 0.15) is 0 Å². The van der Waals surface area contributed by atoms with Crippen LogP contribution in [0, 0.1) is 0 Å². The molecule has 1 N–H and O–H groups in total. The van der Waals surface area contributed by atoms with Crippen LogP contribution in [0.5, 0.6) is 0 Å². The molecule has 0 aliphatic rings. The number of hydrogen-bond acceptors (Lipinski definition) is 1. The highest BCUT2D eigenvalue weighted by Gasteiger charge is 2.02. The summed E-state index contributed by atoms with van der Waals surface area (Å²) < 4.78 is 0. The Bertz CT molecular complexity index is 323. The third-order valence-corrected chi connectivity index (χ3v) is 2.56. The molecule has 1 nitrogen and oxygen atoms in total. The predicted molar refractivity (Wildman–Crippen MR) is 67.7 cm³/mol. The molecule has 15 heavy (non-hydrogen) atoms. The molecule has 0 bridgehead atoms. The summed E-state index contributed by atoms with van der Waals surface area (Å²) >= 11 is 11.4. The molecule has 1 rings (SSSR count). The molecule has 0 fully saturated rings. The Morgan fingerprint density at radius 3 is 2.87 bits per heavy atom. The SMILES string of the molecule is CC(NC/C=C/CCl)c1cccc(Cl)c1. The smallest absolute Gasteiger partial charge is 0.0409 e. The van der Waals surface area contributed by atoms with Gasteiger partial charge in [0.25, 0.3) is 0 Å². The normalized spacial score (nSPS) is 13.3. The molecule has 0 heterocycles. The van der Waals surface area contributed by atoms with Gasteiger partial charge in [0.15, 0.2) is 0 Å². The topological polar surface area (TPSA) is 12.0 Å². The average molecular weight is 244 g/mol. The molecular weight excluding hydrogens is 229 g/mol. The van der Waals surface area contributed by atoms with Crippen LogP contribution in [0.1, 0.15) is 18.5 Å². The highest BCUT2D eigenvalue weighted by atomic mass is 35.5. The van der Waals surface area contributed by atoms with Crippen molar-refractivity contribution in [2.75, 3.05) is 12.4 Å². The zero-order valence-corrected chi connectivity index (χ0v) is 10.2. The van der Waals surface area contributed by atoms with Crippen LogP contribution in [0.25, 0.3) is 0 Å². The quantitative estimate of drug-likeness (QED) is 0.613. The number of benzene rings is 1. The van der Waals surface area contributed by atoms with Crippen molar-refractivity contribution in [3.05, 3.63) is 47.0 Å². The number of nitrogens with one attached hydrogen (secondary N) is 1. The second-order valence-corrected chi connectivity index (χ2v) is 4.06. The lowest BCUT2D eigenvalue weighted by molar-refractivity contribution is 0.617. The Hall–Kier alpha value is -0.500. The van der Waals surface area contributed by atoms with Gasteiger partial charge in [0, 0.05) is 23.5 Å². The number of allylic oxidation sites excluding steroid dienone is 1. The van der Waals surface area contributed by atoms with E-state index in [9.17, 15) is 0 Å². The first-order chi connectivity index (χ1) is 7.24. The third-order valence-electron chi connectivity index (χ3n) is 2.15. The van der Waals surface area contributed by atoms with Crippen molar-refractivity contribution in [3.63, 3.8) is 0 Å². The Morgan fingerprint density at radius 2 is 2.20 bits per heavy atom. The van der Waals surface area contributed by atoms with E-state index in [1.54, 1.807) is 0 Å². The molecule has 1 aromatic rings. The van der Waals surface area contributed by atoms with E-state index < -0.39 is 0 Å². The van der Waals surface area contributed by atoms with E-state index >= 15 is 0 Å². The van der Waals surface area contributed by atoms with Crippen molar-refractivity contribution in [3.8, 4) is 0 Å². The van der Waals surface area contributed by atoms with Crippen molar-refractivity contribution < 1.29 is 0 Å². The molecule has 0 aliphatic heterocycles. The van der Waals surface area contributed by atoms with Gasteiger partial charge in [0.05, 0.1) is 0 Å². The molecule has 1 atom stereocenters. The van der Waals surface area contributed by atoms with Gasteiger partial charge >= 0.3 is 0 Å². The van der Waals surface area contributed by atoms with Crippen LogP contribution in [0.4, 0.5) is 0 Å². The van der Waals surface area contributed by atoms with Crippen molar-refractivity contribution in [2.45, 2.75) is 13.0 Å². The maximum atomic E-state index is 5.91. The minimum absolute atomic E-state index is 0.295. The van der Waals surface area contributed by atoms with Crippen LogP contribution in [0.2, 0.25) is 5.02 Å². The summed E-state index contributed by atoms with van der Waals surface area (Å²) in [5.74, 6) is 0.563. The van der Waals surface area contributed by atoms with E-state index in [0.717, 1.165) is 11.6 Å². The second kappa shape index (κ2) is 6.89. The first-order valence-electron chi connectivity index (χ1n) is 4.94. The molecule has 0 aromatic heterocycles. The first kappa shape index (κ1) is 12.6. The van der Waals surface area contributed by atoms with E-state index in [1.165, 1.54) is 5.56 Å². The fourth-order valence-corrected chi connectivity index (χ4v) is 1.61. The van der Waals surface area contributed by atoms with Crippen LogP contribution in [-0.2, 0) is 0 Å². The van der Waals surface area contributed by atoms with E-state index in [4.69, 9.17) is 23.2 Å². The molecule has 0 aliphatic carbocycles. The van der Waals surface area contributed by atoms with Crippen LogP contribution in [0.3, 0.4) is 0 Å². The monoisotopic (exact) mass is 243 g/mol. The molecule has 0 radical (unpaired) electrons. The molecule has 0 amide bonds. The number of hydrogen-bond donors (Lipinski definition) is 1. The summed E-state index contributed by atoms with van der Waals surface area (Å²) in [6, 6.07) is 8.18. The van der Waals surface area contributed by atoms with Crippen molar-refractivity contribution in [1.82, 2.24) is 5.32 Å². The summed E-state index contributed by atoms with van der Waals surface area (Å²) in [4.78, 5) is 0. The van der Waals surface area contributed by atoms with E-state index in [0.29, 0.717) is 11.9 Å². The second-order valence-electron chi connectivity index (χ2n) is 3.31. The van der Waals surface area contributed by atoms with Gasteiger partial charge in [-0.2, -0.15) is 0 Å². The van der Waals surface area contributed by atoms with E-state index in [2.05, 4.69) is 18.3 Å². The minimum atomic E-state index is 0.295. The standard InChI is InChI=1S/C12H15Cl2N/c1-10(15-8-3-2-7-13)11-5-4-6-12(14)9-11/h2-6,9-10,15H,7-8H2,1H3/b3-2+. The summed E-state index contributed by atoms with van der Waals surface area (Å²) in [6.07, 6.45) is 3.95. The number of rotatable bonds is 5. The van der Waals surface area contributed by atoms with Crippen LogP contribution in [0.15, 0.2) is 36.4 Å². The molecule has 0 saturated carbocycles. The molecule has 3 heteroatoms. The molecule has 0 saturated heterocycles. The van der Waals surface area contributed by atoms with Crippen LogP contribution < -0.4 is 5.32 Å². The molecule has 0 spiro atoms. The van der Waals surface area contributed by atoms with Crippen LogP contribution in [-0.4, -0.2) is 12.4 Å². The molecular formula is C12H15Cl2N. The zero-order valence-electron chi connectivity index (χ0n) is 8.71. The van der Waals surface area contributed by atoms with Gasteiger partial charge in [-0.15, -0.1) is 11.6 Å². The fourth-order valence-electron chi connectivity index (χ4n) is 1.28. The van der Waals surface area contributed by atoms with E-state index in [-0.39, 0.29) is 0 Å². The summed E-state index contributed by atoms with van der Waals surface area (Å²) in [7, 11) is 0. The summed E-state index contributed by atoms with van der Waals surface area (Å²) in [5.41, 5.74) is 1.20. The summed E-state index contributed by atoms with van der Waals surface area (Å²) in [6.45, 7) is 2.93. The highest BCUT2D eigenvalue weighted by Crippen LogP contribution is 2.16. The lowest BCUT2D eigenvalue weighted by atomic mass is 10.1. The number of alkyl halides is 1. The van der Waals surface area contributed by atoms with Crippen molar-refractivity contribution in [2.24, 2.45) is 0 Å². The van der Waals surface area contributed by atoms with Gasteiger partial charge in [0.2, 0.25) is 0 Å². The lowest BCUT2D eigenvalue weighted by Gasteiger charge is -2.12. The Kier molecular flexibility index (Phi) is 5.77. The third kappa shape index (κ3) is 4.70. The Morgan fingerprint density at radius 1 is 1.40 bits per heavy atom. The van der Waals surface area contributed by atoms with Gasteiger partial charge in [-0.25, -0.2) is 0 Å². The first-order valence-corrected chi connectivity index (χ1v) is 5.85. The molecule has 82 valence electrons. The Balaban J connectivity index is 2.46. The van der Waals surface area contributed by atoms with Gasteiger partial charge in [-0.05, 0) is 24.6 Å². The van der Waals surface area contributed by atoms with Gasteiger partial charge in [-0.3, -0.25) is 0 Å². The zero-order chi connectivity index (χ0) is 11.1. The highest BCUT2D eigenvalue weighted by molar-refractivity contribution is 6.30. The molecule has 1 unspecified atom stereocenters. The van der Waals surface area contributed by atoms with Crippen LogP contribution >= 0.6 is 23.2 Å². The maximum Gasteiger partial charge on any atom is 0.0409 e. The Labute approximate surface area is 101 Å². The molecule has 1 aromatic carbocycles. The average Bonchev–Trinajstić information content (AvgIpc) is 2.24. The van der Waals surface area contributed by atoms with Crippen molar-refractivity contribution in [1.29, 1.82) is 0 Å². The largest absolute Gasteiger partial charge is 0.307 e. The van der Waals surface area contributed by atoms with Gasteiger partial charge in [-0.1, -0.05) is 35.9 Å².